The van der Waals surface area contributed by atoms with E-state index in [1.54, 1.807) is 0 Å². The fourth-order valence-corrected chi connectivity index (χ4v) is 3.30. The Kier molecular flexibility index (Phi) is 15.5. The van der Waals surface area contributed by atoms with Gasteiger partial charge in [-0.2, -0.15) is 5.10 Å². The lowest BCUT2D eigenvalue weighted by Gasteiger charge is -2.20. The summed E-state index contributed by atoms with van der Waals surface area (Å²) in [7, 11) is 4.04. The van der Waals surface area contributed by atoms with Gasteiger partial charge < -0.3 is 4.90 Å². The SMILES string of the molecule is C=C1/C=C\C(c2cnn(C)c2)=C/CCCCN1C.CCCCCCCC.c1ccccc1. The van der Waals surface area contributed by atoms with Gasteiger partial charge in [-0.3, -0.25) is 4.68 Å². The van der Waals surface area contributed by atoms with Crippen LogP contribution in [0.5, 0.6) is 0 Å². The monoisotopic (exact) mass is 435 g/mol. The van der Waals surface area contributed by atoms with Crippen LogP contribution >= 0.6 is 0 Å². The summed E-state index contributed by atoms with van der Waals surface area (Å²) in [6.45, 7) is 9.69. The Morgan fingerprint density at radius 2 is 1.44 bits per heavy atom. The summed E-state index contributed by atoms with van der Waals surface area (Å²) < 4.78 is 1.84. The van der Waals surface area contributed by atoms with E-state index in [9.17, 15) is 0 Å². The van der Waals surface area contributed by atoms with Crippen LogP contribution in [-0.4, -0.2) is 28.3 Å². The summed E-state index contributed by atoms with van der Waals surface area (Å²) in [6.07, 6.45) is 22.5. The number of aromatic nitrogens is 2. The van der Waals surface area contributed by atoms with Crippen molar-refractivity contribution in [2.24, 2.45) is 7.05 Å². The van der Waals surface area contributed by atoms with Crippen molar-refractivity contribution in [2.75, 3.05) is 13.6 Å². The van der Waals surface area contributed by atoms with Crippen molar-refractivity contribution in [3.8, 4) is 0 Å². The molecule has 0 N–H and O–H groups in total. The first-order valence-corrected chi connectivity index (χ1v) is 12.4. The van der Waals surface area contributed by atoms with Gasteiger partial charge in [-0.05, 0) is 30.9 Å². The molecule has 32 heavy (non-hydrogen) atoms. The lowest BCUT2D eigenvalue weighted by molar-refractivity contribution is 0.416. The van der Waals surface area contributed by atoms with Crippen LogP contribution in [0.2, 0.25) is 0 Å². The summed E-state index contributed by atoms with van der Waals surface area (Å²) in [6, 6.07) is 12.0. The number of hydrogen-bond donors (Lipinski definition) is 0. The normalized spacial score (nSPS) is 16.6. The number of hydrogen-bond acceptors (Lipinski definition) is 2. The standard InChI is InChI=1S/C15H21N3.C8H18.C6H6/c1-13-8-9-14(15-11-16-18(3)12-15)7-5-4-6-10-17(13)2;1-3-5-7-8-6-4-2;1-2-4-6-5-3-1/h7-9,11-12H,1,4-6,10H2,2-3H3;3-8H2,1-2H3;1-6H/b9-8-,14-7+;;. The molecular formula is C29H45N3. The van der Waals surface area contributed by atoms with Crippen molar-refractivity contribution in [3.05, 3.63) is 84.9 Å². The zero-order chi connectivity index (χ0) is 23.4. The lowest BCUT2D eigenvalue weighted by atomic mass is 10.1. The van der Waals surface area contributed by atoms with Gasteiger partial charge in [0.1, 0.15) is 0 Å². The molecule has 3 rings (SSSR count). The summed E-state index contributed by atoms with van der Waals surface area (Å²) >= 11 is 0. The van der Waals surface area contributed by atoms with E-state index in [-0.39, 0.29) is 0 Å². The molecule has 0 unspecified atom stereocenters. The molecule has 0 amide bonds. The Balaban J connectivity index is 0.000000301. The molecule has 0 aliphatic carbocycles. The van der Waals surface area contributed by atoms with Crippen molar-refractivity contribution in [1.29, 1.82) is 0 Å². The molecule has 3 heteroatoms. The Hall–Kier alpha value is -2.55. The third kappa shape index (κ3) is 13.0. The summed E-state index contributed by atoms with van der Waals surface area (Å²) in [5.74, 6) is 0. The molecule has 0 fully saturated rings. The number of allylic oxidation sites excluding steroid dienone is 4. The van der Waals surface area contributed by atoms with Crippen molar-refractivity contribution < 1.29 is 0 Å². The minimum absolute atomic E-state index is 1.06. The zero-order valence-corrected chi connectivity index (χ0v) is 21.0. The van der Waals surface area contributed by atoms with E-state index in [2.05, 4.69) is 61.9 Å². The van der Waals surface area contributed by atoms with Gasteiger partial charge in [-0.15, -0.1) is 0 Å². The second-order valence-corrected chi connectivity index (χ2v) is 8.37. The van der Waals surface area contributed by atoms with E-state index in [1.807, 2.05) is 54.3 Å². The van der Waals surface area contributed by atoms with Gasteiger partial charge in [0.2, 0.25) is 0 Å². The minimum atomic E-state index is 1.06. The molecule has 1 aromatic carbocycles. The second kappa shape index (κ2) is 18.1. The van der Waals surface area contributed by atoms with E-state index >= 15 is 0 Å². The van der Waals surface area contributed by atoms with Crippen LogP contribution in [0.3, 0.4) is 0 Å². The molecule has 1 aromatic heterocycles. The van der Waals surface area contributed by atoms with Gasteiger partial charge in [0.15, 0.2) is 0 Å². The molecule has 1 aliphatic rings. The van der Waals surface area contributed by atoms with Crippen molar-refractivity contribution >= 4 is 5.57 Å². The number of benzene rings is 1. The van der Waals surface area contributed by atoms with Crippen molar-refractivity contribution in [3.63, 3.8) is 0 Å². The van der Waals surface area contributed by atoms with Gasteiger partial charge in [0.25, 0.3) is 0 Å². The van der Waals surface area contributed by atoms with E-state index < -0.39 is 0 Å². The molecule has 0 radical (unpaired) electrons. The van der Waals surface area contributed by atoms with Gasteiger partial charge in [-0.25, -0.2) is 0 Å². The van der Waals surface area contributed by atoms with E-state index in [0.717, 1.165) is 18.7 Å². The maximum atomic E-state index is 4.23. The first-order valence-electron chi connectivity index (χ1n) is 12.4. The molecule has 176 valence electrons. The van der Waals surface area contributed by atoms with Crippen LogP contribution < -0.4 is 0 Å². The lowest BCUT2D eigenvalue weighted by Crippen LogP contribution is -2.17. The first-order chi connectivity index (χ1) is 15.6. The first kappa shape index (κ1) is 27.5. The smallest absolute Gasteiger partial charge is 0.0568 e. The number of rotatable bonds is 6. The summed E-state index contributed by atoms with van der Waals surface area (Å²) in [5.41, 5.74) is 3.47. The van der Waals surface area contributed by atoms with Crippen LogP contribution in [0.25, 0.3) is 5.57 Å². The van der Waals surface area contributed by atoms with Crippen LogP contribution in [0, 0.1) is 0 Å². The minimum Gasteiger partial charge on any atom is -0.375 e. The highest BCUT2D eigenvalue weighted by molar-refractivity contribution is 5.73. The quantitative estimate of drug-likeness (QED) is 0.428. The Morgan fingerprint density at radius 3 is 1.94 bits per heavy atom. The Labute approximate surface area is 197 Å². The fourth-order valence-electron chi connectivity index (χ4n) is 3.30. The third-order valence-corrected chi connectivity index (χ3v) is 5.42. The Morgan fingerprint density at radius 1 is 0.844 bits per heavy atom. The molecule has 2 aromatic rings. The van der Waals surface area contributed by atoms with Crippen LogP contribution in [-0.2, 0) is 7.05 Å². The maximum absolute atomic E-state index is 4.23. The van der Waals surface area contributed by atoms with Crippen LogP contribution in [0.1, 0.15) is 77.2 Å². The van der Waals surface area contributed by atoms with Crippen LogP contribution in [0.4, 0.5) is 0 Å². The van der Waals surface area contributed by atoms with Crippen molar-refractivity contribution in [1.82, 2.24) is 14.7 Å². The molecular weight excluding hydrogens is 390 g/mol. The van der Waals surface area contributed by atoms with Crippen LogP contribution in [0.15, 0.2) is 79.3 Å². The predicted molar refractivity (Wildman–Crippen MR) is 141 cm³/mol. The van der Waals surface area contributed by atoms with Gasteiger partial charge in [0.05, 0.1) is 6.20 Å². The second-order valence-electron chi connectivity index (χ2n) is 8.37. The number of unbranched alkanes of at least 4 members (excludes halogenated alkanes) is 5. The number of nitrogens with zero attached hydrogens (tertiary/aromatic N) is 3. The average molecular weight is 436 g/mol. The predicted octanol–water partition coefficient (Wildman–Crippen LogP) is 8.04. The molecule has 0 spiro atoms. The topological polar surface area (TPSA) is 21.1 Å². The summed E-state index contributed by atoms with van der Waals surface area (Å²) in [5, 5.41) is 4.23. The Bertz CT molecular complexity index is 738. The number of likely N-dealkylation sites (N-methyl/N-ethyl adjacent to an activating group) is 1. The van der Waals surface area contributed by atoms with Gasteiger partial charge >= 0.3 is 0 Å². The van der Waals surface area contributed by atoms with E-state index in [4.69, 9.17) is 0 Å². The van der Waals surface area contributed by atoms with Gasteiger partial charge in [0, 0.05) is 38.1 Å². The molecule has 3 nitrogen and oxygen atoms in total. The molecule has 2 heterocycles. The fraction of sp³-hybridized carbons (Fsp3) is 0.483. The molecule has 0 saturated heterocycles. The molecule has 1 aliphatic heterocycles. The average Bonchev–Trinajstić information content (AvgIpc) is 3.26. The third-order valence-electron chi connectivity index (χ3n) is 5.42. The highest BCUT2D eigenvalue weighted by Gasteiger charge is 2.04. The highest BCUT2D eigenvalue weighted by atomic mass is 15.2. The zero-order valence-electron chi connectivity index (χ0n) is 21.0. The van der Waals surface area contributed by atoms with Gasteiger partial charge in [-0.1, -0.05) is 108 Å². The molecule has 0 atom stereocenters. The molecule has 0 bridgehead atoms. The largest absolute Gasteiger partial charge is 0.375 e. The summed E-state index contributed by atoms with van der Waals surface area (Å²) in [4.78, 5) is 2.21. The van der Waals surface area contributed by atoms with E-state index in [0.29, 0.717) is 0 Å². The molecule has 0 saturated carbocycles. The van der Waals surface area contributed by atoms with Crippen molar-refractivity contribution in [2.45, 2.75) is 71.6 Å². The highest BCUT2D eigenvalue weighted by Crippen LogP contribution is 2.19. The number of aryl methyl sites for hydroxylation is 1. The van der Waals surface area contributed by atoms with E-state index in [1.165, 1.54) is 62.5 Å². The maximum Gasteiger partial charge on any atom is 0.0568 e.